The van der Waals surface area contributed by atoms with Crippen LogP contribution in [0.25, 0.3) is 0 Å². The van der Waals surface area contributed by atoms with Crippen molar-refractivity contribution < 1.29 is 24.1 Å². The molecule has 1 aliphatic heterocycles. The molecule has 1 saturated heterocycles. The molecule has 1 heterocycles. The molecule has 3 atom stereocenters. The summed E-state index contributed by atoms with van der Waals surface area (Å²) in [5, 5.41) is 21.5. The highest BCUT2D eigenvalue weighted by atomic mass is 16.7. The first kappa shape index (κ1) is 17.6. The zero-order chi connectivity index (χ0) is 18.9. The molecule has 9 heteroatoms. The number of nitriles is 1. The molecule has 1 aromatic carbocycles. The van der Waals surface area contributed by atoms with Crippen LogP contribution in [0.4, 0.5) is 5.69 Å². The van der Waals surface area contributed by atoms with E-state index < -0.39 is 34.4 Å². The number of hydrogen-bond donors (Lipinski definition) is 0. The molecular weight excluding hydrogens is 342 g/mol. The van der Waals surface area contributed by atoms with E-state index in [1.54, 1.807) is 19.1 Å². The van der Waals surface area contributed by atoms with Crippen LogP contribution in [-0.4, -0.2) is 40.1 Å². The number of nitro benzene ring substituents is 1. The van der Waals surface area contributed by atoms with Gasteiger partial charge in [0.15, 0.2) is 0 Å². The van der Waals surface area contributed by atoms with Gasteiger partial charge >= 0.3 is 11.9 Å². The van der Waals surface area contributed by atoms with E-state index in [0.717, 1.165) is 5.06 Å². The van der Waals surface area contributed by atoms with E-state index in [4.69, 9.17) is 9.57 Å². The fraction of sp³-hybridized carbons (Fsp3) is 0.353. The van der Waals surface area contributed by atoms with Crippen LogP contribution >= 0.6 is 0 Å². The topological polar surface area (TPSA) is 123 Å². The molecule has 134 valence electrons. The summed E-state index contributed by atoms with van der Waals surface area (Å²) in [5.41, 5.74) is -1.83. The predicted molar refractivity (Wildman–Crippen MR) is 86.4 cm³/mol. The van der Waals surface area contributed by atoms with E-state index in [1.165, 1.54) is 24.3 Å². The number of carbonyl (C=O) groups excluding carboxylic acids is 2. The van der Waals surface area contributed by atoms with Gasteiger partial charge in [-0.1, -0.05) is 12.2 Å². The number of ether oxygens (including phenoxy) is 1. The average Bonchev–Trinajstić information content (AvgIpc) is 3.22. The van der Waals surface area contributed by atoms with Gasteiger partial charge in [0.1, 0.15) is 6.07 Å². The highest BCUT2D eigenvalue weighted by molar-refractivity contribution is 5.91. The van der Waals surface area contributed by atoms with E-state index in [-0.39, 0.29) is 17.9 Å². The molecular formula is C17H15N3O6. The number of rotatable bonds is 5. The third-order valence-electron chi connectivity index (χ3n) is 4.50. The van der Waals surface area contributed by atoms with Gasteiger partial charge in [-0.2, -0.15) is 5.26 Å². The molecule has 26 heavy (non-hydrogen) atoms. The molecule has 0 radical (unpaired) electrons. The minimum atomic E-state index is -1.73. The smallest absolute Gasteiger partial charge is 0.357 e. The first-order chi connectivity index (χ1) is 12.4. The van der Waals surface area contributed by atoms with Gasteiger partial charge in [-0.05, 0) is 25.5 Å². The third kappa shape index (κ3) is 2.60. The summed E-state index contributed by atoms with van der Waals surface area (Å²) in [4.78, 5) is 40.3. The number of hydroxylamine groups is 2. The van der Waals surface area contributed by atoms with Crippen LogP contribution in [0.1, 0.15) is 23.7 Å². The maximum absolute atomic E-state index is 12.4. The molecule has 2 unspecified atom stereocenters. The second kappa shape index (κ2) is 6.57. The summed E-state index contributed by atoms with van der Waals surface area (Å²) >= 11 is 0. The van der Waals surface area contributed by atoms with Crippen LogP contribution in [0, 0.1) is 27.4 Å². The molecule has 0 saturated carbocycles. The lowest BCUT2D eigenvalue weighted by atomic mass is 9.87. The molecule has 0 spiro atoms. The van der Waals surface area contributed by atoms with Gasteiger partial charge in [0.2, 0.25) is 5.54 Å². The summed E-state index contributed by atoms with van der Waals surface area (Å²) in [5.74, 6) is -2.03. The van der Waals surface area contributed by atoms with Crippen molar-refractivity contribution in [3.05, 3.63) is 52.1 Å². The Morgan fingerprint density at radius 3 is 2.65 bits per heavy atom. The number of fused-ring (bicyclic) bond motifs is 2. The summed E-state index contributed by atoms with van der Waals surface area (Å²) in [6.45, 7) is 1.72. The zero-order valence-corrected chi connectivity index (χ0v) is 13.8. The fourth-order valence-corrected chi connectivity index (χ4v) is 3.25. The number of esters is 1. The van der Waals surface area contributed by atoms with Crippen molar-refractivity contribution in [1.29, 1.82) is 5.26 Å². The fourth-order valence-electron chi connectivity index (χ4n) is 3.25. The molecule has 9 nitrogen and oxygen atoms in total. The lowest BCUT2D eigenvalue weighted by molar-refractivity contribution is -0.384. The molecule has 1 aromatic rings. The quantitative estimate of drug-likeness (QED) is 0.338. The van der Waals surface area contributed by atoms with Crippen LogP contribution in [0.5, 0.6) is 0 Å². The minimum Gasteiger partial charge on any atom is -0.464 e. The molecule has 2 bridgehead atoms. The monoisotopic (exact) mass is 357 g/mol. The molecule has 0 N–H and O–H groups in total. The molecule has 1 fully saturated rings. The Morgan fingerprint density at radius 1 is 1.38 bits per heavy atom. The Labute approximate surface area is 148 Å². The zero-order valence-electron chi connectivity index (χ0n) is 13.8. The second-order valence-corrected chi connectivity index (χ2v) is 5.90. The highest BCUT2D eigenvalue weighted by Gasteiger charge is 2.63. The predicted octanol–water partition coefficient (Wildman–Crippen LogP) is 1.75. The number of non-ortho nitro benzene ring substituents is 1. The Balaban J connectivity index is 1.86. The maximum atomic E-state index is 12.4. The lowest BCUT2D eigenvalue weighted by Gasteiger charge is -2.35. The Morgan fingerprint density at radius 2 is 2.08 bits per heavy atom. The van der Waals surface area contributed by atoms with Gasteiger partial charge in [0.25, 0.3) is 5.69 Å². The van der Waals surface area contributed by atoms with Gasteiger partial charge in [-0.25, -0.2) is 9.59 Å². The van der Waals surface area contributed by atoms with E-state index in [9.17, 15) is 25.0 Å². The summed E-state index contributed by atoms with van der Waals surface area (Å²) in [7, 11) is 0. The van der Waals surface area contributed by atoms with E-state index >= 15 is 0 Å². The van der Waals surface area contributed by atoms with Crippen LogP contribution in [0.15, 0.2) is 36.4 Å². The van der Waals surface area contributed by atoms with Crippen LogP contribution in [0.2, 0.25) is 0 Å². The Hall–Kier alpha value is -3.25. The van der Waals surface area contributed by atoms with Crippen LogP contribution in [0.3, 0.4) is 0 Å². The lowest BCUT2D eigenvalue weighted by Crippen LogP contribution is -2.57. The largest absolute Gasteiger partial charge is 0.464 e. The third-order valence-corrected chi connectivity index (χ3v) is 4.50. The molecule has 2 aliphatic rings. The second-order valence-electron chi connectivity index (χ2n) is 5.90. The van der Waals surface area contributed by atoms with Crippen molar-refractivity contribution in [2.24, 2.45) is 5.92 Å². The first-order valence-electron chi connectivity index (χ1n) is 7.97. The van der Waals surface area contributed by atoms with Crippen molar-refractivity contribution >= 4 is 17.6 Å². The van der Waals surface area contributed by atoms with Gasteiger partial charge < -0.3 is 9.57 Å². The summed E-state index contributed by atoms with van der Waals surface area (Å²) in [6.07, 6.45) is 3.98. The Bertz CT molecular complexity index is 828. The van der Waals surface area contributed by atoms with Crippen molar-refractivity contribution in [3.8, 4) is 6.07 Å². The van der Waals surface area contributed by atoms with Gasteiger partial charge in [0, 0.05) is 18.1 Å². The van der Waals surface area contributed by atoms with Crippen LogP contribution in [-0.2, 0) is 14.4 Å². The first-order valence-corrected chi connectivity index (χ1v) is 7.97. The Kier molecular flexibility index (Phi) is 4.44. The van der Waals surface area contributed by atoms with Crippen molar-refractivity contribution in [2.75, 3.05) is 6.61 Å². The number of nitrogens with zero attached hydrogens (tertiary/aromatic N) is 3. The number of benzene rings is 1. The molecule has 3 rings (SSSR count). The van der Waals surface area contributed by atoms with Crippen LogP contribution < -0.4 is 0 Å². The van der Waals surface area contributed by atoms with Crippen molar-refractivity contribution in [1.82, 2.24) is 5.06 Å². The minimum absolute atomic E-state index is 0.0676. The maximum Gasteiger partial charge on any atom is 0.357 e. The normalized spacial score (nSPS) is 26.3. The molecule has 1 aliphatic carbocycles. The standard InChI is InChI=1S/C17H15N3O6/c1-2-25-16(22)17(10-18)12-5-8-14(9-12)19(17)26-15(21)11-3-6-13(7-4-11)20(23)24/h3-8,12,14H,2,9H2,1H3/t12?,14?,17-/m0/s1. The number of nitro groups is 1. The van der Waals surface area contributed by atoms with E-state index in [2.05, 4.69) is 0 Å². The SMILES string of the molecule is CCOC(=O)[C@]1(C#N)C2C=CC(C2)N1OC(=O)c1ccc([N+](=O)[O-])cc1. The van der Waals surface area contributed by atoms with Crippen molar-refractivity contribution in [3.63, 3.8) is 0 Å². The van der Waals surface area contributed by atoms with Crippen molar-refractivity contribution in [2.45, 2.75) is 24.9 Å². The molecule has 0 amide bonds. The van der Waals surface area contributed by atoms with Gasteiger partial charge in [-0.3, -0.25) is 10.1 Å². The molecule has 0 aromatic heterocycles. The number of carbonyl (C=O) groups is 2. The van der Waals surface area contributed by atoms with Gasteiger partial charge in [-0.15, -0.1) is 5.06 Å². The average molecular weight is 357 g/mol. The van der Waals surface area contributed by atoms with Gasteiger partial charge in [0.05, 0.1) is 23.1 Å². The van der Waals surface area contributed by atoms with E-state index in [1.807, 2.05) is 6.07 Å². The van der Waals surface area contributed by atoms with E-state index in [0.29, 0.717) is 6.42 Å². The summed E-state index contributed by atoms with van der Waals surface area (Å²) in [6, 6.07) is 6.41. The number of hydrogen-bond acceptors (Lipinski definition) is 8. The summed E-state index contributed by atoms with van der Waals surface area (Å²) < 4.78 is 5.03. The highest BCUT2D eigenvalue weighted by Crippen LogP contribution is 2.46.